The third-order valence-corrected chi connectivity index (χ3v) is 3.13. The van der Waals surface area contributed by atoms with Crippen molar-refractivity contribution in [2.24, 2.45) is 5.41 Å². The molecule has 0 aromatic rings. The van der Waals surface area contributed by atoms with E-state index >= 15 is 0 Å². The molecule has 0 aromatic carbocycles. The molecule has 2 nitrogen and oxygen atoms in total. The molecule has 3 heteroatoms. The van der Waals surface area contributed by atoms with Gasteiger partial charge < -0.3 is 4.74 Å². The Hall–Kier alpha value is -0.180. The fourth-order valence-corrected chi connectivity index (χ4v) is 1.30. The molecule has 0 saturated carbocycles. The van der Waals surface area contributed by atoms with Gasteiger partial charge in [-0.1, -0.05) is 27.7 Å². The summed E-state index contributed by atoms with van der Waals surface area (Å²) in [5, 5.41) is 0.122. The predicted octanol–water partition coefficient (Wildman–Crippen LogP) is 3.31. The summed E-state index contributed by atoms with van der Waals surface area (Å²) in [5.41, 5.74) is 0.150. The number of hydrogen-bond donors (Lipinski definition) is 0. The molecule has 0 saturated heterocycles. The molecule has 0 rings (SSSR count). The third kappa shape index (κ3) is 4.65. The second-order valence-electron chi connectivity index (χ2n) is 3.81. The van der Waals surface area contributed by atoms with Gasteiger partial charge in [-0.2, -0.15) is 0 Å². The summed E-state index contributed by atoms with van der Waals surface area (Å²) >= 11 is 1.27. The third-order valence-electron chi connectivity index (χ3n) is 1.75. The second-order valence-corrected chi connectivity index (χ2v) is 5.09. The molecule has 0 fully saturated rings. The predicted molar refractivity (Wildman–Crippen MR) is 53.5 cm³/mol. The van der Waals surface area contributed by atoms with Crippen LogP contribution in [0.2, 0.25) is 0 Å². The van der Waals surface area contributed by atoms with Gasteiger partial charge in [0, 0.05) is 5.25 Å². The van der Waals surface area contributed by atoms with Gasteiger partial charge in [-0.3, -0.25) is 0 Å². The Morgan fingerprint density at radius 3 is 2.33 bits per heavy atom. The average molecular weight is 190 g/mol. The molecule has 0 aliphatic heterocycles. The lowest BCUT2D eigenvalue weighted by molar-refractivity contribution is 0.181. The maximum Gasteiger partial charge on any atom is 0.367 e. The van der Waals surface area contributed by atoms with Crippen molar-refractivity contribution in [3.63, 3.8) is 0 Å². The number of ether oxygens (including phenoxy) is 1. The van der Waals surface area contributed by atoms with Gasteiger partial charge in [0.25, 0.3) is 0 Å². The Balaban J connectivity index is 3.84. The van der Waals surface area contributed by atoms with Crippen LogP contribution in [0.3, 0.4) is 0 Å². The normalized spacial score (nSPS) is 14.1. The van der Waals surface area contributed by atoms with Crippen molar-refractivity contribution in [1.29, 1.82) is 0 Å². The molecule has 0 N–H and O–H groups in total. The van der Waals surface area contributed by atoms with Gasteiger partial charge in [-0.25, -0.2) is 4.79 Å². The molecular formula is C9H18O2S. The standard InChI is InChI=1S/C9H18O2S/c1-6-11-8(10)12-7(2)9(3,4)5/h7H,6H2,1-5H3. The van der Waals surface area contributed by atoms with Crippen LogP contribution in [0.25, 0.3) is 0 Å². The van der Waals surface area contributed by atoms with E-state index in [2.05, 4.69) is 20.8 Å². The number of hydrogen-bond acceptors (Lipinski definition) is 3. The average Bonchev–Trinajstić information content (AvgIpc) is 1.85. The molecule has 0 radical (unpaired) electrons. The van der Waals surface area contributed by atoms with Crippen LogP contribution in [0.1, 0.15) is 34.6 Å². The smallest absolute Gasteiger partial charge is 0.367 e. The van der Waals surface area contributed by atoms with Crippen molar-refractivity contribution < 1.29 is 9.53 Å². The first-order chi connectivity index (χ1) is 5.38. The first-order valence-electron chi connectivity index (χ1n) is 4.21. The summed E-state index contributed by atoms with van der Waals surface area (Å²) in [6.45, 7) is 10.7. The van der Waals surface area contributed by atoms with Crippen molar-refractivity contribution in [3.05, 3.63) is 0 Å². The molecule has 12 heavy (non-hydrogen) atoms. The quantitative estimate of drug-likeness (QED) is 0.625. The Bertz CT molecular complexity index is 149. The summed E-state index contributed by atoms with van der Waals surface area (Å²) in [4.78, 5) is 11.0. The zero-order valence-corrected chi connectivity index (χ0v) is 9.33. The van der Waals surface area contributed by atoms with Crippen molar-refractivity contribution in [3.8, 4) is 0 Å². The highest BCUT2D eigenvalue weighted by atomic mass is 32.2. The number of rotatable bonds is 2. The van der Waals surface area contributed by atoms with E-state index in [1.54, 1.807) is 0 Å². The zero-order chi connectivity index (χ0) is 9.78. The molecule has 0 amide bonds. The van der Waals surface area contributed by atoms with Crippen LogP contribution < -0.4 is 0 Å². The van der Waals surface area contributed by atoms with Gasteiger partial charge in [-0.15, -0.1) is 0 Å². The molecule has 72 valence electrons. The largest absolute Gasteiger partial charge is 0.458 e. The Morgan fingerprint density at radius 1 is 1.50 bits per heavy atom. The molecule has 0 aromatic heterocycles. The molecule has 1 atom stereocenters. The van der Waals surface area contributed by atoms with Crippen LogP contribution in [0.15, 0.2) is 0 Å². The van der Waals surface area contributed by atoms with Crippen molar-refractivity contribution in [2.75, 3.05) is 6.61 Å². The Labute approximate surface area is 79.1 Å². The van der Waals surface area contributed by atoms with E-state index in [0.29, 0.717) is 6.61 Å². The maximum absolute atomic E-state index is 11.0. The van der Waals surface area contributed by atoms with E-state index in [4.69, 9.17) is 4.74 Å². The van der Waals surface area contributed by atoms with Crippen molar-refractivity contribution >= 4 is 17.1 Å². The van der Waals surface area contributed by atoms with E-state index < -0.39 is 0 Å². The lowest BCUT2D eigenvalue weighted by atomic mass is 9.93. The molecule has 0 aliphatic carbocycles. The van der Waals surface area contributed by atoms with Crippen LogP contribution in [-0.4, -0.2) is 17.2 Å². The molecule has 0 heterocycles. The molecule has 0 aliphatic rings. The monoisotopic (exact) mass is 190 g/mol. The summed E-state index contributed by atoms with van der Waals surface area (Å²) in [5.74, 6) is 0. The van der Waals surface area contributed by atoms with Crippen LogP contribution in [0.4, 0.5) is 4.79 Å². The highest BCUT2D eigenvalue weighted by Gasteiger charge is 2.23. The molecular weight excluding hydrogens is 172 g/mol. The fraction of sp³-hybridized carbons (Fsp3) is 0.889. The minimum Gasteiger partial charge on any atom is -0.458 e. The first kappa shape index (κ1) is 11.8. The minimum atomic E-state index is -0.167. The van der Waals surface area contributed by atoms with Crippen LogP contribution in [0.5, 0.6) is 0 Å². The van der Waals surface area contributed by atoms with Crippen LogP contribution >= 0.6 is 11.8 Å². The lowest BCUT2D eigenvalue weighted by Gasteiger charge is -2.25. The molecule has 0 bridgehead atoms. The van der Waals surface area contributed by atoms with Gasteiger partial charge >= 0.3 is 5.30 Å². The van der Waals surface area contributed by atoms with E-state index in [9.17, 15) is 4.79 Å². The SMILES string of the molecule is CCOC(=O)SC(C)C(C)(C)C. The summed E-state index contributed by atoms with van der Waals surface area (Å²) in [6, 6.07) is 0. The topological polar surface area (TPSA) is 26.3 Å². The maximum atomic E-state index is 11.0. The van der Waals surface area contributed by atoms with Gasteiger partial charge in [0.15, 0.2) is 0 Å². The highest BCUT2D eigenvalue weighted by Crippen LogP contribution is 2.30. The van der Waals surface area contributed by atoms with Gasteiger partial charge in [-0.05, 0) is 24.1 Å². The van der Waals surface area contributed by atoms with Gasteiger partial charge in [0.2, 0.25) is 0 Å². The highest BCUT2D eigenvalue weighted by molar-refractivity contribution is 8.13. The van der Waals surface area contributed by atoms with Crippen molar-refractivity contribution in [2.45, 2.75) is 39.9 Å². The molecule has 0 spiro atoms. The number of thioether (sulfide) groups is 1. The number of carbonyl (C=O) groups excluding carboxylic acids is 1. The van der Waals surface area contributed by atoms with Gasteiger partial charge in [0.05, 0.1) is 6.61 Å². The van der Waals surface area contributed by atoms with Gasteiger partial charge in [0.1, 0.15) is 0 Å². The van der Waals surface area contributed by atoms with E-state index in [-0.39, 0.29) is 16.0 Å². The molecule has 1 unspecified atom stereocenters. The summed E-state index contributed by atoms with van der Waals surface area (Å²) in [7, 11) is 0. The summed E-state index contributed by atoms with van der Waals surface area (Å²) in [6.07, 6.45) is 0. The second kappa shape index (κ2) is 4.75. The summed E-state index contributed by atoms with van der Waals surface area (Å²) < 4.78 is 4.83. The number of carbonyl (C=O) groups is 1. The van der Waals surface area contributed by atoms with Crippen molar-refractivity contribution in [1.82, 2.24) is 0 Å². The zero-order valence-electron chi connectivity index (χ0n) is 8.51. The van der Waals surface area contributed by atoms with E-state index in [0.717, 1.165) is 0 Å². The van der Waals surface area contributed by atoms with Crippen LogP contribution in [-0.2, 0) is 4.74 Å². The fourth-order valence-electron chi connectivity index (χ4n) is 0.473. The Kier molecular flexibility index (Phi) is 4.68. The first-order valence-corrected chi connectivity index (χ1v) is 5.09. The van der Waals surface area contributed by atoms with E-state index in [1.807, 2.05) is 13.8 Å². The van der Waals surface area contributed by atoms with E-state index in [1.165, 1.54) is 11.8 Å². The minimum absolute atomic E-state index is 0.150. The Morgan fingerprint density at radius 2 is 2.00 bits per heavy atom. The lowest BCUT2D eigenvalue weighted by Crippen LogP contribution is -2.21. The van der Waals surface area contributed by atoms with Crippen LogP contribution in [0, 0.1) is 5.41 Å².